The Kier molecular flexibility index (Phi) is 7.26. The van der Waals surface area contributed by atoms with Crippen molar-refractivity contribution in [3.8, 4) is 0 Å². The molecular formula is C20H24F2N2OS2. The van der Waals surface area contributed by atoms with E-state index < -0.39 is 5.76 Å². The molecule has 3 rings (SSSR count). The van der Waals surface area contributed by atoms with Gasteiger partial charge in [-0.1, -0.05) is 36.9 Å². The molecule has 1 N–H and O–H groups in total. The summed E-state index contributed by atoms with van der Waals surface area (Å²) in [7, 11) is 0. The maximum Gasteiger partial charge on any atom is 0.288 e. The first-order valence-corrected chi connectivity index (χ1v) is 10.9. The van der Waals surface area contributed by atoms with Crippen LogP contribution in [0.25, 0.3) is 0 Å². The number of halogens is 2. The van der Waals surface area contributed by atoms with E-state index in [1.807, 2.05) is 11.4 Å². The van der Waals surface area contributed by atoms with Gasteiger partial charge in [0.2, 0.25) is 0 Å². The highest BCUT2D eigenvalue weighted by atomic mass is 32.2. The summed E-state index contributed by atoms with van der Waals surface area (Å²) in [6.07, 6.45) is 2.31. The number of alkyl halides is 2. The second-order valence-electron chi connectivity index (χ2n) is 6.83. The van der Waals surface area contributed by atoms with E-state index in [1.165, 1.54) is 4.88 Å². The van der Waals surface area contributed by atoms with Crippen LogP contribution < -0.4 is 5.32 Å². The molecule has 1 fully saturated rings. The SMILES string of the molecule is CC1CCN([C@@H](CNC(=O)c2ccccc2SC(F)F)c2cccs2)CC1. The Morgan fingerprint density at radius 1 is 1.26 bits per heavy atom. The summed E-state index contributed by atoms with van der Waals surface area (Å²) < 4.78 is 25.5. The van der Waals surface area contributed by atoms with E-state index in [0.29, 0.717) is 28.8 Å². The lowest BCUT2D eigenvalue weighted by molar-refractivity contribution is 0.0912. The van der Waals surface area contributed by atoms with Gasteiger partial charge in [0, 0.05) is 16.3 Å². The molecular weight excluding hydrogens is 386 g/mol. The molecule has 0 unspecified atom stereocenters. The number of piperidine rings is 1. The van der Waals surface area contributed by atoms with Crippen molar-refractivity contribution in [1.82, 2.24) is 10.2 Å². The third-order valence-corrected chi connectivity index (χ3v) is 6.70. The number of thiophene rings is 1. The summed E-state index contributed by atoms with van der Waals surface area (Å²) in [4.78, 5) is 16.6. The molecule has 1 aromatic heterocycles. The molecule has 7 heteroatoms. The summed E-state index contributed by atoms with van der Waals surface area (Å²) in [5, 5.41) is 5.02. The lowest BCUT2D eigenvalue weighted by Gasteiger charge is -2.36. The summed E-state index contributed by atoms with van der Waals surface area (Å²) in [5.74, 6) is -2.11. The molecule has 1 saturated heterocycles. The van der Waals surface area contributed by atoms with Crippen molar-refractivity contribution in [2.75, 3.05) is 19.6 Å². The van der Waals surface area contributed by atoms with Crippen molar-refractivity contribution >= 4 is 29.0 Å². The number of carbonyl (C=O) groups excluding carboxylic acids is 1. The quantitative estimate of drug-likeness (QED) is 0.632. The molecule has 1 aromatic carbocycles. The van der Waals surface area contributed by atoms with Crippen LogP contribution in [0.15, 0.2) is 46.7 Å². The van der Waals surface area contributed by atoms with Crippen LogP contribution in [-0.2, 0) is 0 Å². The maximum absolute atomic E-state index is 12.8. The molecule has 2 aromatic rings. The molecule has 0 aliphatic carbocycles. The zero-order chi connectivity index (χ0) is 19.2. The minimum atomic E-state index is -2.55. The average Bonchev–Trinajstić information content (AvgIpc) is 3.17. The predicted octanol–water partition coefficient (Wildman–Crippen LogP) is 5.27. The lowest BCUT2D eigenvalue weighted by atomic mass is 9.97. The highest BCUT2D eigenvalue weighted by Crippen LogP contribution is 2.30. The maximum atomic E-state index is 12.8. The van der Waals surface area contributed by atoms with Crippen molar-refractivity contribution in [3.05, 3.63) is 52.2 Å². The van der Waals surface area contributed by atoms with Crippen LogP contribution in [0.1, 0.15) is 41.0 Å². The number of amides is 1. The molecule has 2 heterocycles. The Balaban J connectivity index is 1.69. The number of nitrogens with zero attached hydrogens (tertiary/aromatic N) is 1. The Hall–Kier alpha value is -1.44. The molecule has 1 aliphatic heterocycles. The van der Waals surface area contributed by atoms with Crippen molar-refractivity contribution in [3.63, 3.8) is 0 Å². The Bertz CT molecular complexity index is 731. The van der Waals surface area contributed by atoms with Crippen molar-refractivity contribution in [2.24, 2.45) is 5.92 Å². The smallest absolute Gasteiger partial charge is 0.288 e. The Labute approximate surface area is 167 Å². The second-order valence-corrected chi connectivity index (χ2v) is 8.85. The number of carbonyl (C=O) groups is 1. The summed E-state index contributed by atoms with van der Waals surface area (Å²) in [6, 6.07) is 10.8. The van der Waals surface area contributed by atoms with Crippen LogP contribution in [0.4, 0.5) is 8.78 Å². The molecule has 1 aliphatic rings. The van der Waals surface area contributed by atoms with E-state index in [-0.39, 0.29) is 11.9 Å². The fraction of sp³-hybridized carbons (Fsp3) is 0.450. The number of likely N-dealkylation sites (tertiary alicyclic amines) is 1. The van der Waals surface area contributed by atoms with Gasteiger partial charge in [0.25, 0.3) is 11.7 Å². The van der Waals surface area contributed by atoms with Crippen LogP contribution in [0.2, 0.25) is 0 Å². The van der Waals surface area contributed by atoms with E-state index >= 15 is 0 Å². The Morgan fingerprint density at radius 3 is 2.67 bits per heavy atom. The van der Waals surface area contributed by atoms with E-state index in [2.05, 4.69) is 23.2 Å². The van der Waals surface area contributed by atoms with Crippen LogP contribution >= 0.6 is 23.1 Å². The average molecular weight is 411 g/mol. The van der Waals surface area contributed by atoms with Gasteiger partial charge in [-0.25, -0.2) is 0 Å². The fourth-order valence-corrected chi connectivity index (χ4v) is 4.87. The van der Waals surface area contributed by atoms with Gasteiger partial charge >= 0.3 is 0 Å². The third-order valence-electron chi connectivity index (χ3n) is 4.93. The minimum absolute atomic E-state index is 0.122. The number of benzene rings is 1. The fourth-order valence-electron chi connectivity index (χ4n) is 3.37. The summed E-state index contributed by atoms with van der Waals surface area (Å²) >= 11 is 2.10. The molecule has 146 valence electrons. The van der Waals surface area contributed by atoms with Gasteiger partial charge in [-0.3, -0.25) is 9.69 Å². The molecule has 0 radical (unpaired) electrons. The van der Waals surface area contributed by atoms with E-state index in [0.717, 1.165) is 31.8 Å². The monoisotopic (exact) mass is 410 g/mol. The molecule has 3 nitrogen and oxygen atoms in total. The van der Waals surface area contributed by atoms with Gasteiger partial charge in [-0.15, -0.1) is 11.3 Å². The van der Waals surface area contributed by atoms with Crippen molar-refractivity contribution in [1.29, 1.82) is 0 Å². The molecule has 1 atom stereocenters. The van der Waals surface area contributed by atoms with E-state index in [4.69, 9.17) is 0 Å². The standard InChI is InChI=1S/C20H24F2N2OS2/c1-14-8-10-24(11-9-14)16(18-7-4-12-26-18)13-23-19(25)15-5-2-3-6-17(15)27-20(21)22/h2-7,12,14,16,20H,8-11,13H2,1H3,(H,23,25)/t16-/m0/s1. The first-order valence-electron chi connectivity index (χ1n) is 9.14. The normalized spacial score (nSPS) is 17.2. The van der Waals surface area contributed by atoms with Crippen molar-refractivity contribution < 1.29 is 13.6 Å². The molecule has 27 heavy (non-hydrogen) atoms. The highest BCUT2D eigenvalue weighted by Gasteiger charge is 2.26. The van der Waals surface area contributed by atoms with Gasteiger partial charge in [0.05, 0.1) is 11.6 Å². The van der Waals surface area contributed by atoms with Crippen LogP contribution in [0.3, 0.4) is 0 Å². The minimum Gasteiger partial charge on any atom is -0.350 e. The van der Waals surface area contributed by atoms with Crippen LogP contribution in [0.5, 0.6) is 0 Å². The molecule has 0 bridgehead atoms. The molecule has 0 spiro atoms. The van der Waals surface area contributed by atoms with Crippen LogP contribution in [-0.4, -0.2) is 36.2 Å². The van der Waals surface area contributed by atoms with E-state index in [1.54, 1.807) is 35.6 Å². The highest BCUT2D eigenvalue weighted by molar-refractivity contribution is 7.99. The first kappa shape index (κ1) is 20.3. The largest absolute Gasteiger partial charge is 0.350 e. The first-order chi connectivity index (χ1) is 13.0. The predicted molar refractivity (Wildman–Crippen MR) is 108 cm³/mol. The number of hydrogen-bond acceptors (Lipinski definition) is 4. The zero-order valence-electron chi connectivity index (χ0n) is 15.2. The zero-order valence-corrected chi connectivity index (χ0v) is 16.9. The Morgan fingerprint density at radius 2 is 2.00 bits per heavy atom. The second kappa shape index (κ2) is 9.66. The number of hydrogen-bond donors (Lipinski definition) is 1. The lowest BCUT2D eigenvalue weighted by Crippen LogP contribution is -2.41. The topological polar surface area (TPSA) is 32.3 Å². The van der Waals surface area contributed by atoms with Gasteiger partial charge in [0.1, 0.15) is 0 Å². The van der Waals surface area contributed by atoms with E-state index in [9.17, 15) is 13.6 Å². The summed E-state index contributed by atoms with van der Waals surface area (Å²) in [5.41, 5.74) is 0.306. The number of rotatable bonds is 7. The van der Waals surface area contributed by atoms with Crippen molar-refractivity contribution in [2.45, 2.75) is 36.5 Å². The number of nitrogens with one attached hydrogen (secondary N) is 1. The molecule has 0 saturated carbocycles. The van der Waals surface area contributed by atoms with Gasteiger partial charge < -0.3 is 5.32 Å². The number of thioether (sulfide) groups is 1. The van der Waals surface area contributed by atoms with Crippen LogP contribution in [0, 0.1) is 5.92 Å². The third kappa shape index (κ3) is 5.53. The van der Waals surface area contributed by atoms with Gasteiger partial charge in [-0.2, -0.15) is 8.78 Å². The molecule has 1 amide bonds. The summed E-state index contributed by atoms with van der Waals surface area (Å²) in [6.45, 7) is 4.77. The van der Waals surface area contributed by atoms with Gasteiger partial charge in [0.15, 0.2) is 0 Å². The van der Waals surface area contributed by atoms with Gasteiger partial charge in [-0.05, 0) is 55.4 Å².